The van der Waals surface area contributed by atoms with Crippen molar-refractivity contribution in [1.82, 2.24) is 4.90 Å². The lowest BCUT2D eigenvalue weighted by molar-refractivity contribution is -0.144. The molecule has 2 bridgehead atoms. The molecule has 1 amide bonds. The Bertz CT molecular complexity index is 192. The van der Waals surface area contributed by atoms with E-state index in [1.165, 1.54) is 0 Å². The summed E-state index contributed by atoms with van der Waals surface area (Å²) in [5.41, 5.74) is 0. The van der Waals surface area contributed by atoms with Gasteiger partial charge in [-0.05, 0) is 12.8 Å². The second-order valence-corrected chi connectivity index (χ2v) is 3.32. The van der Waals surface area contributed by atoms with Crippen LogP contribution < -0.4 is 0 Å². The van der Waals surface area contributed by atoms with Gasteiger partial charge < -0.3 is 4.90 Å². The number of Topliss-reactive ketones (excluding diaryl/α,β-unsaturated/α-hetero) is 1. The molecule has 0 radical (unpaired) electrons. The van der Waals surface area contributed by atoms with Gasteiger partial charge in [-0.25, -0.2) is 0 Å². The van der Waals surface area contributed by atoms with Crippen LogP contribution in [-0.2, 0) is 9.59 Å². The standard InChI is InChI=1S/C8H11NO2/c10-7-4-8(11)9-3-1-2-6(7)5-9/h6H,1-5H2. The Morgan fingerprint density at radius 3 is 3.00 bits per heavy atom. The summed E-state index contributed by atoms with van der Waals surface area (Å²) < 4.78 is 0. The number of hydrogen-bond acceptors (Lipinski definition) is 2. The van der Waals surface area contributed by atoms with Gasteiger partial charge in [0.1, 0.15) is 5.78 Å². The maximum Gasteiger partial charge on any atom is 0.230 e. The summed E-state index contributed by atoms with van der Waals surface area (Å²) in [7, 11) is 0. The lowest BCUT2D eigenvalue weighted by atomic mass is 9.88. The van der Waals surface area contributed by atoms with E-state index < -0.39 is 0 Å². The normalized spacial score (nSPS) is 30.9. The van der Waals surface area contributed by atoms with Gasteiger partial charge in [-0.1, -0.05) is 0 Å². The van der Waals surface area contributed by atoms with Crippen LogP contribution >= 0.6 is 0 Å². The van der Waals surface area contributed by atoms with E-state index in [-0.39, 0.29) is 24.0 Å². The molecule has 2 rings (SSSR count). The molecule has 60 valence electrons. The van der Waals surface area contributed by atoms with Crippen molar-refractivity contribution in [3.8, 4) is 0 Å². The van der Waals surface area contributed by atoms with Gasteiger partial charge >= 0.3 is 0 Å². The summed E-state index contributed by atoms with van der Waals surface area (Å²) in [5, 5.41) is 0. The van der Waals surface area contributed by atoms with Gasteiger partial charge in [0.2, 0.25) is 5.91 Å². The van der Waals surface area contributed by atoms with Crippen molar-refractivity contribution in [2.45, 2.75) is 19.3 Å². The van der Waals surface area contributed by atoms with Crippen LogP contribution in [0.15, 0.2) is 0 Å². The first-order chi connectivity index (χ1) is 5.27. The minimum absolute atomic E-state index is 0.0333. The average Bonchev–Trinajstić information content (AvgIpc) is 2.02. The third kappa shape index (κ3) is 1.04. The van der Waals surface area contributed by atoms with E-state index in [1.54, 1.807) is 0 Å². The number of ketones is 1. The second-order valence-electron chi connectivity index (χ2n) is 3.32. The molecule has 0 aromatic rings. The number of amides is 1. The molecule has 2 aliphatic rings. The minimum Gasteiger partial charge on any atom is -0.342 e. The quantitative estimate of drug-likeness (QED) is 0.466. The predicted molar refractivity (Wildman–Crippen MR) is 38.9 cm³/mol. The van der Waals surface area contributed by atoms with Crippen LogP contribution in [-0.4, -0.2) is 29.7 Å². The van der Waals surface area contributed by atoms with E-state index in [1.807, 2.05) is 4.90 Å². The molecule has 1 unspecified atom stereocenters. The Kier molecular flexibility index (Phi) is 1.44. The lowest BCUT2D eigenvalue weighted by Crippen LogP contribution is -2.48. The zero-order valence-electron chi connectivity index (χ0n) is 6.38. The first kappa shape index (κ1) is 6.83. The van der Waals surface area contributed by atoms with Gasteiger partial charge in [-0.2, -0.15) is 0 Å². The van der Waals surface area contributed by atoms with Crippen LogP contribution in [0.2, 0.25) is 0 Å². The molecule has 0 aromatic carbocycles. The molecule has 1 atom stereocenters. The van der Waals surface area contributed by atoms with Crippen LogP contribution in [0.5, 0.6) is 0 Å². The van der Waals surface area contributed by atoms with Gasteiger partial charge in [0.25, 0.3) is 0 Å². The van der Waals surface area contributed by atoms with Crippen molar-refractivity contribution in [2.75, 3.05) is 13.1 Å². The number of nitrogens with zero attached hydrogens (tertiary/aromatic N) is 1. The molecule has 0 N–H and O–H groups in total. The SMILES string of the molecule is O=C1CC(=O)N2CCCC1C2. The van der Waals surface area contributed by atoms with Crippen LogP contribution in [0.1, 0.15) is 19.3 Å². The summed E-state index contributed by atoms with van der Waals surface area (Å²) in [6, 6.07) is 0. The molecule has 0 aromatic heterocycles. The summed E-state index contributed by atoms with van der Waals surface area (Å²) in [5.74, 6) is 0.360. The smallest absolute Gasteiger partial charge is 0.230 e. The molecular formula is C8H11NO2. The number of piperidine rings is 2. The van der Waals surface area contributed by atoms with E-state index in [0.29, 0.717) is 6.54 Å². The van der Waals surface area contributed by atoms with Crippen molar-refractivity contribution in [3.05, 3.63) is 0 Å². The van der Waals surface area contributed by atoms with Crippen LogP contribution in [0.4, 0.5) is 0 Å². The first-order valence-electron chi connectivity index (χ1n) is 4.08. The molecule has 3 heteroatoms. The average molecular weight is 153 g/mol. The molecule has 2 aliphatic heterocycles. The van der Waals surface area contributed by atoms with Gasteiger partial charge in [0.15, 0.2) is 0 Å². The van der Waals surface area contributed by atoms with Crippen molar-refractivity contribution >= 4 is 11.7 Å². The number of carbonyl (C=O) groups is 2. The van der Waals surface area contributed by atoms with Crippen LogP contribution in [0, 0.1) is 5.92 Å². The van der Waals surface area contributed by atoms with E-state index in [0.717, 1.165) is 19.4 Å². The highest BCUT2D eigenvalue weighted by molar-refractivity contribution is 6.01. The molecule has 0 aliphatic carbocycles. The highest BCUT2D eigenvalue weighted by Gasteiger charge is 2.34. The fourth-order valence-electron chi connectivity index (χ4n) is 1.87. The Hall–Kier alpha value is -0.860. The molecule has 2 fully saturated rings. The van der Waals surface area contributed by atoms with Crippen LogP contribution in [0.3, 0.4) is 0 Å². The number of fused-ring (bicyclic) bond motifs is 2. The monoisotopic (exact) mass is 153 g/mol. The Balaban J connectivity index is 2.17. The third-order valence-electron chi connectivity index (χ3n) is 2.55. The molecule has 2 saturated heterocycles. The maximum atomic E-state index is 11.2. The molecule has 2 heterocycles. The molecular weight excluding hydrogens is 142 g/mol. The topological polar surface area (TPSA) is 37.4 Å². The highest BCUT2D eigenvalue weighted by atomic mass is 16.2. The number of hydrogen-bond donors (Lipinski definition) is 0. The summed E-state index contributed by atoms with van der Waals surface area (Å²) in [6.45, 7) is 1.56. The number of carbonyl (C=O) groups excluding carboxylic acids is 2. The molecule has 11 heavy (non-hydrogen) atoms. The third-order valence-corrected chi connectivity index (χ3v) is 2.55. The Morgan fingerprint density at radius 2 is 2.18 bits per heavy atom. The molecule has 0 spiro atoms. The zero-order chi connectivity index (χ0) is 7.84. The predicted octanol–water partition coefficient (Wildman–Crippen LogP) is 0.198. The highest BCUT2D eigenvalue weighted by Crippen LogP contribution is 2.23. The summed E-state index contributed by atoms with van der Waals surface area (Å²) in [6.07, 6.45) is 2.15. The fourth-order valence-corrected chi connectivity index (χ4v) is 1.87. The lowest BCUT2D eigenvalue weighted by Gasteiger charge is -2.36. The van der Waals surface area contributed by atoms with E-state index in [9.17, 15) is 9.59 Å². The van der Waals surface area contributed by atoms with Crippen molar-refractivity contribution in [3.63, 3.8) is 0 Å². The maximum absolute atomic E-state index is 11.2. The van der Waals surface area contributed by atoms with Crippen molar-refractivity contribution in [1.29, 1.82) is 0 Å². The van der Waals surface area contributed by atoms with E-state index >= 15 is 0 Å². The Labute approximate surface area is 65.4 Å². The summed E-state index contributed by atoms with van der Waals surface area (Å²) in [4.78, 5) is 24.1. The fraction of sp³-hybridized carbons (Fsp3) is 0.750. The minimum atomic E-state index is 0.0333. The molecule has 3 nitrogen and oxygen atoms in total. The first-order valence-corrected chi connectivity index (χ1v) is 4.08. The van der Waals surface area contributed by atoms with Crippen LogP contribution in [0.25, 0.3) is 0 Å². The summed E-state index contributed by atoms with van der Waals surface area (Å²) >= 11 is 0. The van der Waals surface area contributed by atoms with E-state index in [2.05, 4.69) is 0 Å². The van der Waals surface area contributed by atoms with Gasteiger partial charge in [0, 0.05) is 19.0 Å². The van der Waals surface area contributed by atoms with Crippen molar-refractivity contribution < 1.29 is 9.59 Å². The second kappa shape index (κ2) is 2.32. The van der Waals surface area contributed by atoms with Crippen molar-refractivity contribution in [2.24, 2.45) is 5.92 Å². The zero-order valence-corrected chi connectivity index (χ0v) is 6.38. The Morgan fingerprint density at radius 1 is 1.36 bits per heavy atom. The van der Waals surface area contributed by atoms with E-state index in [4.69, 9.17) is 0 Å². The number of rotatable bonds is 0. The molecule has 0 saturated carbocycles. The van der Waals surface area contributed by atoms with Gasteiger partial charge in [0.05, 0.1) is 6.42 Å². The van der Waals surface area contributed by atoms with Gasteiger partial charge in [-0.3, -0.25) is 9.59 Å². The largest absolute Gasteiger partial charge is 0.342 e. The van der Waals surface area contributed by atoms with Gasteiger partial charge in [-0.15, -0.1) is 0 Å².